The highest BCUT2D eigenvalue weighted by atomic mass is 35.5. The van der Waals surface area contributed by atoms with E-state index in [0.29, 0.717) is 107 Å². The zero-order valence-electron chi connectivity index (χ0n) is 50.4. The number of anilines is 9. The number of nitrogens with zero attached hydrogens (tertiary/aromatic N) is 12. The van der Waals surface area contributed by atoms with Gasteiger partial charge in [0.05, 0.1) is 38.4 Å². The summed E-state index contributed by atoms with van der Waals surface area (Å²) >= 11 is 23.4. The topological polar surface area (TPSA) is 292 Å². The van der Waals surface area contributed by atoms with E-state index in [4.69, 9.17) is 66.2 Å². The molecule has 3 saturated heterocycles. The minimum absolute atomic E-state index is 0.128. The van der Waals surface area contributed by atoms with Gasteiger partial charge in [-0.3, -0.25) is 0 Å². The lowest BCUT2D eigenvalue weighted by Crippen LogP contribution is -2.32. The van der Waals surface area contributed by atoms with Crippen LogP contribution < -0.4 is 31.9 Å². The fourth-order valence-electron chi connectivity index (χ4n) is 12.5. The number of hydrogen-bond acceptors (Lipinski definition) is 24. The van der Waals surface area contributed by atoms with Crippen LogP contribution in [0.1, 0.15) is 88.4 Å². The van der Waals surface area contributed by atoms with Gasteiger partial charge >= 0.3 is 0 Å². The molecule has 15 rings (SSSR count). The van der Waals surface area contributed by atoms with E-state index in [0.717, 1.165) is 53.0 Å². The van der Waals surface area contributed by atoms with Crippen LogP contribution in [0, 0.1) is 35.5 Å². The van der Waals surface area contributed by atoms with E-state index in [-0.39, 0.29) is 34.1 Å². The highest BCUT2D eigenvalue weighted by Gasteiger charge is 2.50. The normalized spacial score (nSPS) is 21.6. The summed E-state index contributed by atoms with van der Waals surface area (Å²) in [6.07, 6.45) is 12.3. The number of ether oxygens (including phenoxy) is 3. The first-order valence-corrected chi connectivity index (χ1v) is 33.2. The summed E-state index contributed by atoms with van der Waals surface area (Å²) in [5.41, 5.74) is 21.9. The molecule has 6 aromatic heterocycles. The summed E-state index contributed by atoms with van der Waals surface area (Å²) in [4.78, 5) is 43.9. The van der Waals surface area contributed by atoms with Gasteiger partial charge in [-0.25, -0.2) is 29.9 Å². The highest BCUT2D eigenvalue weighted by molar-refractivity contribution is 7.10. The summed E-state index contributed by atoms with van der Waals surface area (Å²) in [5, 5.41) is 40.5. The predicted octanol–water partition coefficient (Wildman–Crippen LogP) is 9.71. The lowest BCUT2D eigenvalue weighted by Gasteiger charge is -2.24. The zero-order chi connectivity index (χ0) is 64.9. The molecule has 27 heteroatoms. The van der Waals surface area contributed by atoms with E-state index in [1.165, 1.54) is 69.3 Å². The molecule has 3 aromatic carbocycles. The van der Waals surface area contributed by atoms with E-state index in [2.05, 4.69) is 113 Å². The molecular weight excluding hydrogens is 1300 g/mol. The number of aromatic nitrogens is 9. The predicted molar refractivity (Wildman–Crippen MR) is 362 cm³/mol. The minimum Gasteiger partial charge on any atom is -0.380 e. The lowest BCUT2D eigenvalue weighted by molar-refractivity contribution is 0.121. The quantitative estimate of drug-likeness (QED) is 0.0844. The second kappa shape index (κ2) is 25.3. The number of halogens is 3. The maximum atomic E-state index is 10.7. The zero-order valence-corrected chi connectivity index (χ0v) is 55.1. The molecule has 9 N–H and O–H groups in total. The maximum absolute atomic E-state index is 10.7. The Bertz CT molecular complexity index is 4040. The van der Waals surface area contributed by atoms with Crippen molar-refractivity contribution in [3.8, 4) is 35.5 Å². The number of rotatable bonds is 6. The van der Waals surface area contributed by atoms with Gasteiger partial charge in [0.1, 0.15) is 30.1 Å². The molecular formula is C66H60Cl3N15O6S3. The fourth-order valence-corrected chi connectivity index (χ4v) is 15.0. The van der Waals surface area contributed by atoms with Crippen molar-refractivity contribution < 1.29 is 29.5 Å². The first kappa shape index (κ1) is 63.6. The summed E-state index contributed by atoms with van der Waals surface area (Å²) in [7, 11) is 0. The maximum Gasteiger partial charge on any atom is 0.222 e. The van der Waals surface area contributed by atoms with Crippen molar-refractivity contribution in [3.05, 3.63) is 171 Å². The Morgan fingerprint density at radius 2 is 0.753 bits per heavy atom. The third-order valence-corrected chi connectivity index (χ3v) is 20.9. The first-order valence-electron chi connectivity index (χ1n) is 29.4. The van der Waals surface area contributed by atoms with Crippen molar-refractivity contribution in [1.82, 2.24) is 44.9 Å². The Balaban J connectivity index is 0.000000127. The Morgan fingerprint density at radius 1 is 0.462 bits per heavy atom. The molecule has 474 valence electrons. The molecule has 3 fully saturated rings. The van der Waals surface area contributed by atoms with Crippen molar-refractivity contribution in [2.24, 2.45) is 0 Å². The first-order chi connectivity index (χ1) is 44.6. The SMILES string of the molecule is CC(O)(C#Cc1ccc2c(c1)N(c1nc(N)ncc1Cl)C[C@]21CCOC1)c1nccs1.C[C@@](O)(C#Cc1ccc2c(c1)N(c1nc(N)ncc1Cl)C[C@]21CCOC1)c1nccs1.C[C@](O)(C#Cc1ccc2c(c1)N(c1nc(N)ncc1Cl)C[C@]21CCOC1)c1nccs1. The average molecular weight is 1360 g/mol. The van der Waals surface area contributed by atoms with E-state index in [1.54, 1.807) is 39.4 Å². The van der Waals surface area contributed by atoms with E-state index < -0.39 is 16.8 Å². The Kier molecular flexibility index (Phi) is 17.3. The fraction of sp³-hybridized carbons (Fsp3) is 0.318. The van der Waals surface area contributed by atoms with Crippen molar-refractivity contribution in [2.75, 3.05) is 91.2 Å². The molecule has 0 radical (unpaired) electrons. The molecule has 6 aliphatic heterocycles. The molecule has 9 aromatic rings. The Hall–Kier alpha value is -8.10. The Labute approximate surface area is 563 Å². The van der Waals surface area contributed by atoms with Crippen molar-refractivity contribution in [2.45, 2.75) is 73.1 Å². The van der Waals surface area contributed by atoms with Crippen LogP contribution in [0.2, 0.25) is 15.1 Å². The van der Waals surface area contributed by atoms with Gasteiger partial charge in [0.15, 0.2) is 34.3 Å². The molecule has 21 nitrogen and oxygen atoms in total. The largest absolute Gasteiger partial charge is 0.380 e. The van der Waals surface area contributed by atoms with Gasteiger partial charge in [0.25, 0.3) is 0 Å². The number of benzene rings is 3. The summed E-state index contributed by atoms with van der Waals surface area (Å²) in [6, 6.07) is 18.2. The van der Waals surface area contributed by atoms with Crippen LogP contribution in [0.15, 0.2) is 108 Å². The van der Waals surface area contributed by atoms with Gasteiger partial charge in [-0.1, -0.05) is 88.5 Å². The minimum atomic E-state index is -1.32. The molecule has 1 unspecified atom stereocenters. The van der Waals surface area contributed by atoms with Crippen LogP contribution in [0.4, 0.5) is 52.4 Å². The number of fused-ring (bicyclic) bond motifs is 6. The third-order valence-electron chi connectivity index (χ3n) is 17.2. The number of thiazole rings is 3. The summed E-state index contributed by atoms with van der Waals surface area (Å²) in [6.45, 7) is 11.0. The highest BCUT2D eigenvalue weighted by Crippen LogP contribution is 2.53. The van der Waals surface area contributed by atoms with E-state index in [9.17, 15) is 15.3 Å². The van der Waals surface area contributed by atoms with E-state index in [1.807, 2.05) is 52.5 Å². The summed E-state index contributed by atoms with van der Waals surface area (Å²) in [5.74, 6) is 20.3. The standard InChI is InChI=1S/3C22H20ClN5O2S/c3*1-21(29,19-25-7-9-31-19)5-4-14-2-3-15-17(10-14)28(12-22(15)6-8-30-13-22)18-16(23)11-26-20(24)27-18/h3*2-3,7,9-11,29H,6,8,12-13H2,1H3,(H2,24,26,27)/t21?,22-;21-,22+;21-,22-/m010/s1. The van der Waals surface area contributed by atoms with Gasteiger partial charge in [-0.15, -0.1) is 34.0 Å². The van der Waals surface area contributed by atoms with Crippen LogP contribution in [0.5, 0.6) is 0 Å². The van der Waals surface area contributed by atoms with Crippen LogP contribution in [0.3, 0.4) is 0 Å². The van der Waals surface area contributed by atoms with Crippen LogP contribution in [-0.2, 0) is 47.3 Å². The average Bonchev–Trinajstić information content (AvgIpc) is 1.60. The monoisotopic (exact) mass is 1360 g/mol. The number of nitrogens with two attached hydrogens (primary N) is 3. The molecule has 0 aliphatic carbocycles. The number of hydrogen-bond donors (Lipinski definition) is 6. The van der Waals surface area contributed by atoms with Crippen LogP contribution in [0.25, 0.3) is 0 Å². The van der Waals surface area contributed by atoms with Crippen molar-refractivity contribution >= 4 is 121 Å². The van der Waals surface area contributed by atoms with E-state index >= 15 is 0 Å². The van der Waals surface area contributed by atoms with Gasteiger partial charge < -0.3 is 61.4 Å². The molecule has 93 heavy (non-hydrogen) atoms. The molecule has 0 amide bonds. The molecule has 6 aliphatic rings. The lowest BCUT2D eigenvalue weighted by atomic mass is 9.81. The molecule has 0 saturated carbocycles. The molecule has 12 heterocycles. The van der Waals surface area contributed by atoms with Crippen LogP contribution in [-0.4, -0.2) is 119 Å². The molecule has 6 atom stereocenters. The van der Waals surface area contributed by atoms with Gasteiger partial charge in [-0.05, 0) is 93.1 Å². The summed E-state index contributed by atoms with van der Waals surface area (Å²) < 4.78 is 17.3. The van der Waals surface area contributed by atoms with Crippen LogP contribution >= 0.6 is 68.8 Å². The second-order valence-electron chi connectivity index (χ2n) is 23.9. The Morgan fingerprint density at radius 3 is 1.00 bits per heavy atom. The molecule has 0 bridgehead atoms. The van der Waals surface area contributed by atoms with Gasteiger partial charge in [-0.2, -0.15) is 15.0 Å². The third kappa shape index (κ3) is 12.7. The van der Waals surface area contributed by atoms with Crippen molar-refractivity contribution in [1.29, 1.82) is 0 Å². The molecule has 3 spiro atoms. The number of aliphatic hydroxyl groups is 3. The number of nitrogen functional groups attached to an aromatic ring is 3. The van der Waals surface area contributed by atoms with Gasteiger partial charge in [0, 0.05) is 124 Å². The van der Waals surface area contributed by atoms with Gasteiger partial charge in [0.2, 0.25) is 17.8 Å². The smallest absolute Gasteiger partial charge is 0.222 e. The van der Waals surface area contributed by atoms with Crippen molar-refractivity contribution in [3.63, 3.8) is 0 Å². The second-order valence-corrected chi connectivity index (χ2v) is 27.8.